The fourth-order valence-electron chi connectivity index (χ4n) is 3.81. The molecule has 2 saturated heterocycles. The zero-order chi connectivity index (χ0) is 17.1. The van der Waals surface area contributed by atoms with Gasteiger partial charge in [0.05, 0.1) is 10.2 Å². The average Bonchev–Trinajstić information content (AvgIpc) is 3.30. The Morgan fingerprint density at radius 2 is 2.12 bits per heavy atom. The molecule has 1 unspecified atom stereocenters. The minimum absolute atomic E-state index is 0.227. The highest BCUT2D eigenvalue weighted by atomic mass is 32.1. The normalized spacial score (nSPS) is 21.8. The molecule has 1 aromatic heterocycles. The molecule has 5 nitrogen and oxygen atoms in total. The number of anilines is 1. The smallest absolute Gasteiger partial charge is 0.220 e. The quantitative estimate of drug-likeness (QED) is 0.863. The van der Waals surface area contributed by atoms with Gasteiger partial charge in [0, 0.05) is 25.6 Å². The molecule has 2 N–H and O–H groups in total. The summed E-state index contributed by atoms with van der Waals surface area (Å²) in [5.74, 6) is 0.914. The highest BCUT2D eigenvalue weighted by Crippen LogP contribution is 2.30. The number of carbonyl (C=O) groups excluding carboxylic acids is 1. The molecule has 2 aliphatic rings. The molecule has 3 heterocycles. The van der Waals surface area contributed by atoms with Gasteiger partial charge < -0.3 is 15.5 Å². The van der Waals surface area contributed by atoms with Crippen molar-refractivity contribution in [3.63, 3.8) is 0 Å². The Labute approximate surface area is 152 Å². The van der Waals surface area contributed by atoms with Crippen molar-refractivity contribution in [2.75, 3.05) is 31.1 Å². The average molecular weight is 359 g/mol. The molecule has 0 aliphatic carbocycles. The Morgan fingerprint density at radius 1 is 1.28 bits per heavy atom. The van der Waals surface area contributed by atoms with Gasteiger partial charge in [-0.2, -0.15) is 0 Å². The van der Waals surface area contributed by atoms with Crippen LogP contribution >= 0.6 is 11.3 Å². The van der Waals surface area contributed by atoms with E-state index in [0.29, 0.717) is 18.4 Å². The fourth-order valence-corrected chi connectivity index (χ4v) is 4.82. The summed E-state index contributed by atoms with van der Waals surface area (Å²) in [4.78, 5) is 19.3. The summed E-state index contributed by atoms with van der Waals surface area (Å²) in [6.45, 7) is 4.12. The maximum Gasteiger partial charge on any atom is 0.220 e. The van der Waals surface area contributed by atoms with Gasteiger partial charge >= 0.3 is 0 Å². The van der Waals surface area contributed by atoms with E-state index in [2.05, 4.69) is 33.7 Å². The summed E-state index contributed by atoms with van der Waals surface area (Å²) in [7, 11) is 0. The Bertz CT molecular complexity index is 684. The molecular weight excluding hydrogens is 332 g/mol. The Kier molecular flexibility index (Phi) is 5.17. The molecular formula is C19H26N4OS. The Balaban J connectivity index is 1.24. The molecule has 4 rings (SSSR count). The number of hydrogen-bond donors (Lipinski definition) is 2. The molecule has 1 amide bonds. The van der Waals surface area contributed by atoms with Crippen LogP contribution < -0.4 is 15.5 Å². The number of nitrogens with zero attached hydrogens (tertiary/aromatic N) is 2. The van der Waals surface area contributed by atoms with Crippen LogP contribution in [0.15, 0.2) is 24.3 Å². The van der Waals surface area contributed by atoms with Gasteiger partial charge in [0.15, 0.2) is 5.13 Å². The zero-order valence-electron chi connectivity index (χ0n) is 14.5. The third kappa shape index (κ3) is 4.12. The molecule has 2 fully saturated rings. The van der Waals surface area contributed by atoms with Crippen LogP contribution in [0, 0.1) is 5.92 Å². The Hall–Kier alpha value is -1.66. The predicted molar refractivity (Wildman–Crippen MR) is 103 cm³/mol. The fraction of sp³-hybridized carbons (Fsp3) is 0.579. The highest BCUT2D eigenvalue weighted by molar-refractivity contribution is 7.22. The summed E-state index contributed by atoms with van der Waals surface area (Å²) in [6.07, 6.45) is 4.92. The maximum atomic E-state index is 12.2. The zero-order valence-corrected chi connectivity index (χ0v) is 15.4. The largest absolute Gasteiger partial charge is 0.353 e. The molecule has 134 valence electrons. The van der Waals surface area contributed by atoms with E-state index < -0.39 is 0 Å². The van der Waals surface area contributed by atoms with Gasteiger partial charge in [-0.3, -0.25) is 4.79 Å². The third-order valence-electron chi connectivity index (χ3n) is 5.36. The molecule has 2 aliphatic heterocycles. The van der Waals surface area contributed by atoms with E-state index in [4.69, 9.17) is 4.98 Å². The molecule has 0 radical (unpaired) electrons. The van der Waals surface area contributed by atoms with Crippen molar-refractivity contribution in [2.45, 2.75) is 38.1 Å². The molecule has 6 heteroatoms. The van der Waals surface area contributed by atoms with E-state index in [1.54, 1.807) is 11.3 Å². The molecule has 0 spiro atoms. The summed E-state index contributed by atoms with van der Waals surface area (Å²) in [5, 5.41) is 7.71. The van der Waals surface area contributed by atoms with Crippen LogP contribution in [0.2, 0.25) is 0 Å². The minimum atomic E-state index is 0.227. The van der Waals surface area contributed by atoms with Crippen LogP contribution in [0.3, 0.4) is 0 Å². The molecule has 0 saturated carbocycles. The van der Waals surface area contributed by atoms with E-state index >= 15 is 0 Å². The summed E-state index contributed by atoms with van der Waals surface area (Å²) in [6, 6.07) is 8.62. The number of aromatic nitrogens is 1. The lowest BCUT2D eigenvalue weighted by molar-refractivity contribution is -0.122. The maximum absolute atomic E-state index is 12.2. The molecule has 2 aromatic rings. The first-order valence-corrected chi connectivity index (χ1v) is 10.2. The SMILES string of the molecule is O=C(CCC1CCNC1)NC1CCN(c2nc3ccccc3s2)CC1. The first-order chi connectivity index (χ1) is 12.3. The monoisotopic (exact) mass is 358 g/mol. The number of amides is 1. The lowest BCUT2D eigenvalue weighted by Gasteiger charge is -2.32. The summed E-state index contributed by atoms with van der Waals surface area (Å²) < 4.78 is 1.24. The van der Waals surface area contributed by atoms with Crippen LogP contribution in [0.1, 0.15) is 32.1 Å². The molecule has 1 aromatic carbocycles. The topological polar surface area (TPSA) is 57.3 Å². The van der Waals surface area contributed by atoms with Crippen molar-refractivity contribution in [1.29, 1.82) is 0 Å². The number of nitrogens with one attached hydrogen (secondary N) is 2. The number of hydrogen-bond acceptors (Lipinski definition) is 5. The predicted octanol–water partition coefficient (Wildman–Crippen LogP) is 2.77. The van der Waals surface area contributed by atoms with Crippen LogP contribution in [0.4, 0.5) is 5.13 Å². The van der Waals surface area contributed by atoms with E-state index in [9.17, 15) is 4.79 Å². The van der Waals surface area contributed by atoms with Crippen molar-refractivity contribution >= 4 is 32.6 Å². The minimum Gasteiger partial charge on any atom is -0.353 e. The van der Waals surface area contributed by atoms with E-state index in [1.165, 1.54) is 11.1 Å². The summed E-state index contributed by atoms with van der Waals surface area (Å²) in [5.41, 5.74) is 1.08. The van der Waals surface area contributed by atoms with E-state index in [0.717, 1.165) is 56.1 Å². The van der Waals surface area contributed by atoms with Crippen molar-refractivity contribution in [2.24, 2.45) is 5.92 Å². The van der Waals surface area contributed by atoms with Crippen LogP contribution in [0.25, 0.3) is 10.2 Å². The lowest BCUT2D eigenvalue weighted by Crippen LogP contribution is -2.44. The summed E-state index contributed by atoms with van der Waals surface area (Å²) >= 11 is 1.76. The number of rotatable bonds is 5. The van der Waals surface area contributed by atoms with E-state index in [-0.39, 0.29) is 5.91 Å². The van der Waals surface area contributed by atoms with Gasteiger partial charge in [0.25, 0.3) is 0 Å². The third-order valence-corrected chi connectivity index (χ3v) is 6.45. The number of fused-ring (bicyclic) bond motifs is 1. The van der Waals surface area contributed by atoms with Crippen molar-refractivity contribution in [3.8, 4) is 0 Å². The number of piperidine rings is 1. The highest BCUT2D eigenvalue weighted by Gasteiger charge is 2.23. The second kappa shape index (κ2) is 7.70. The molecule has 25 heavy (non-hydrogen) atoms. The first kappa shape index (κ1) is 16.8. The molecule has 1 atom stereocenters. The standard InChI is InChI=1S/C19H26N4OS/c24-18(6-5-14-7-10-20-13-14)21-15-8-11-23(12-9-15)19-22-16-3-1-2-4-17(16)25-19/h1-4,14-15,20H,5-13H2,(H,21,24). The van der Waals surface area contributed by atoms with Crippen LogP contribution in [-0.2, 0) is 4.79 Å². The first-order valence-electron chi connectivity index (χ1n) is 9.38. The second-order valence-electron chi connectivity index (χ2n) is 7.19. The van der Waals surface area contributed by atoms with Crippen LogP contribution in [0.5, 0.6) is 0 Å². The molecule has 0 bridgehead atoms. The van der Waals surface area contributed by atoms with Gasteiger partial charge in [-0.1, -0.05) is 23.5 Å². The van der Waals surface area contributed by atoms with Gasteiger partial charge in [0.2, 0.25) is 5.91 Å². The van der Waals surface area contributed by atoms with Gasteiger partial charge in [0.1, 0.15) is 0 Å². The van der Waals surface area contributed by atoms with Gasteiger partial charge in [-0.15, -0.1) is 0 Å². The van der Waals surface area contributed by atoms with Crippen molar-refractivity contribution < 1.29 is 4.79 Å². The lowest BCUT2D eigenvalue weighted by atomic mass is 10.0. The van der Waals surface area contributed by atoms with Crippen molar-refractivity contribution in [3.05, 3.63) is 24.3 Å². The van der Waals surface area contributed by atoms with Gasteiger partial charge in [-0.05, 0) is 56.8 Å². The Morgan fingerprint density at radius 3 is 2.88 bits per heavy atom. The van der Waals surface area contributed by atoms with Crippen LogP contribution in [-0.4, -0.2) is 43.1 Å². The second-order valence-corrected chi connectivity index (χ2v) is 8.20. The van der Waals surface area contributed by atoms with E-state index in [1.807, 2.05) is 6.07 Å². The number of thiazole rings is 1. The number of para-hydroxylation sites is 1. The number of carbonyl (C=O) groups is 1. The number of benzene rings is 1. The van der Waals surface area contributed by atoms with Crippen molar-refractivity contribution in [1.82, 2.24) is 15.6 Å². The van der Waals surface area contributed by atoms with Gasteiger partial charge in [-0.25, -0.2) is 4.98 Å².